The molecule has 0 N–H and O–H groups in total. The van der Waals surface area contributed by atoms with Gasteiger partial charge < -0.3 is 19.1 Å². The van der Waals surface area contributed by atoms with Crippen LogP contribution in [0.15, 0.2) is 60.0 Å². The molecule has 1 unspecified atom stereocenters. The number of amides is 3. The van der Waals surface area contributed by atoms with Crippen molar-refractivity contribution in [3.63, 3.8) is 0 Å². The van der Waals surface area contributed by atoms with E-state index in [9.17, 15) is 19.2 Å². The largest absolute Gasteiger partial charge is 0.493 e. The first kappa shape index (κ1) is 24.9. The van der Waals surface area contributed by atoms with Crippen molar-refractivity contribution < 1.29 is 33.4 Å². The number of thiophene rings is 1. The molecule has 10 heteroatoms. The molecule has 9 nitrogen and oxygen atoms in total. The summed E-state index contributed by atoms with van der Waals surface area (Å²) in [7, 11) is 4.24. The molecule has 1 fully saturated rings. The van der Waals surface area contributed by atoms with Gasteiger partial charge in [0.25, 0.3) is 11.8 Å². The maximum Gasteiger partial charge on any atom is 0.337 e. The molecule has 0 aliphatic carbocycles. The zero-order valence-electron chi connectivity index (χ0n) is 19.9. The van der Waals surface area contributed by atoms with Crippen LogP contribution in [0.3, 0.4) is 0 Å². The molecule has 0 saturated carbocycles. The minimum atomic E-state index is -1.000. The molecule has 1 atom stereocenters. The summed E-state index contributed by atoms with van der Waals surface area (Å²) in [6, 6.07) is 13.4. The van der Waals surface area contributed by atoms with E-state index >= 15 is 0 Å². The first-order chi connectivity index (χ1) is 17.4. The fraction of sp³-hybridized carbons (Fsp3) is 0.231. The molecule has 3 aromatic rings. The first-order valence-electron chi connectivity index (χ1n) is 11.0. The second kappa shape index (κ2) is 10.6. The van der Waals surface area contributed by atoms with E-state index in [1.54, 1.807) is 18.2 Å². The monoisotopic (exact) mass is 508 g/mol. The predicted molar refractivity (Wildman–Crippen MR) is 132 cm³/mol. The van der Waals surface area contributed by atoms with Crippen molar-refractivity contribution in [2.45, 2.75) is 19.0 Å². The standard InChI is InChI=1S/C26H24N2O7S/c1-33-21-11-8-17(13-22(21)34-2)24(30)27(15-19-5-4-12-36-19)20-14-23(29)28(25(20)31)18-9-6-16(7-10-18)26(32)35-3/h4-13,20H,14-15H2,1-3H3. The van der Waals surface area contributed by atoms with E-state index in [0.717, 1.165) is 9.78 Å². The summed E-state index contributed by atoms with van der Waals surface area (Å²) in [6.45, 7) is 0.156. The topological polar surface area (TPSA) is 102 Å². The van der Waals surface area contributed by atoms with Crippen molar-refractivity contribution in [2.75, 3.05) is 26.2 Å². The lowest BCUT2D eigenvalue weighted by Crippen LogP contribution is -2.45. The molecule has 0 bridgehead atoms. The lowest BCUT2D eigenvalue weighted by atomic mass is 10.1. The Morgan fingerprint density at radius 2 is 1.67 bits per heavy atom. The SMILES string of the molecule is COC(=O)c1ccc(N2C(=O)CC(N(Cc3cccs3)C(=O)c3ccc(OC)c(OC)c3)C2=O)cc1. The number of carbonyl (C=O) groups is 4. The fourth-order valence-electron chi connectivity index (χ4n) is 4.02. The highest BCUT2D eigenvalue weighted by Gasteiger charge is 2.44. The third-order valence-electron chi connectivity index (χ3n) is 5.84. The molecule has 2 aromatic carbocycles. The van der Waals surface area contributed by atoms with E-state index < -0.39 is 29.7 Å². The van der Waals surface area contributed by atoms with Crippen molar-refractivity contribution in [3.05, 3.63) is 76.0 Å². The van der Waals surface area contributed by atoms with Crippen LogP contribution in [0.4, 0.5) is 5.69 Å². The number of benzene rings is 2. The Bertz CT molecular complexity index is 1290. The molecule has 1 aromatic heterocycles. The summed E-state index contributed by atoms with van der Waals surface area (Å²) in [6.07, 6.45) is -0.165. The number of hydrogen-bond donors (Lipinski definition) is 0. The van der Waals surface area contributed by atoms with E-state index in [2.05, 4.69) is 0 Å². The van der Waals surface area contributed by atoms with Gasteiger partial charge >= 0.3 is 5.97 Å². The predicted octanol–water partition coefficient (Wildman–Crippen LogP) is 3.53. The van der Waals surface area contributed by atoms with Gasteiger partial charge in [-0.1, -0.05) is 6.07 Å². The highest BCUT2D eigenvalue weighted by molar-refractivity contribution is 7.09. The van der Waals surface area contributed by atoms with Crippen LogP contribution >= 0.6 is 11.3 Å². The van der Waals surface area contributed by atoms with Crippen LogP contribution in [0.5, 0.6) is 11.5 Å². The van der Waals surface area contributed by atoms with Crippen LogP contribution in [0.1, 0.15) is 32.0 Å². The normalized spacial score (nSPS) is 15.1. The highest BCUT2D eigenvalue weighted by atomic mass is 32.1. The minimum Gasteiger partial charge on any atom is -0.493 e. The maximum absolute atomic E-state index is 13.7. The van der Waals surface area contributed by atoms with Crippen molar-refractivity contribution in [1.82, 2.24) is 4.90 Å². The zero-order valence-corrected chi connectivity index (χ0v) is 20.7. The van der Waals surface area contributed by atoms with Gasteiger partial charge in [0.05, 0.1) is 45.5 Å². The molecule has 4 rings (SSSR count). The van der Waals surface area contributed by atoms with E-state index in [1.165, 1.54) is 61.8 Å². The van der Waals surface area contributed by atoms with Gasteiger partial charge in [0.1, 0.15) is 6.04 Å². The van der Waals surface area contributed by atoms with Gasteiger partial charge in [-0.3, -0.25) is 14.4 Å². The third kappa shape index (κ3) is 4.80. The van der Waals surface area contributed by atoms with Gasteiger partial charge in [0, 0.05) is 10.4 Å². The first-order valence-corrected chi connectivity index (χ1v) is 11.9. The Balaban J connectivity index is 1.66. The van der Waals surface area contributed by atoms with E-state index in [0.29, 0.717) is 28.3 Å². The number of methoxy groups -OCH3 is 3. The maximum atomic E-state index is 13.7. The van der Waals surface area contributed by atoms with Crippen LogP contribution in [-0.2, 0) is 20.9 Å². The molecule has 0 radical (unpaired) electrons. The van der Waals surface area contributed by atoms with Crippen LogP contribution in [0.25, 0.3) is 0 Å². The van der Waals surface area contributed by atoms with Gasteiger partial charge in [-0.25, -0.2) is 9.69 Å². The Kier molecular flexibility index (Phi) is 7.35. The number of carbonyl (C=O) groups excluding carboxylic acids is 4. The van der Waals surface area contributed by atoms with E-state index in [4.69, 9.17) is 14.2 Å². The fourth-order valence-corrected chi connectivity index (χ4v) is 4.73. The number of rotatable bonds is 8. The number of imide groups is 1. The smallest absolute Gasteiger partial charge is 0.337 e. The van der Waals surface area contributed by atoms with Crippen LogP contribution in [-0.4, -0.2) is 56.0 Å². The average molecular weight is 509 g/mol. The number of esters is 1. The van der Waals surface area contributed by atoms with Gasteiger partial charge in [-0.2, -0.15) is 0 Å². The Morgan fingerprint density at radius 1 is 0.972 bits per heavy atom. The van der Waals surface area contributed by atoms with E-state index in [-0.39, 0.29) is 13.0 Å². The van der Waals surface area contributed by atoms with Gasteiger partial charge in [-0.15, -0.1) is 11.3 Å². The molecule has 1 saturated heterocycles. The second-order valence-electron chi connectivity index (χ2n) is 7.91. The minimum absolute atomic E-state index is 0.156. The van der Waals surface area contributed by atoms with Crippen molar-refractivity contribution in [2.24, 2.45) is 0 Å². The number of ether oxygens (including phenoxy) is 3. The van der Waals surface area contributed by atoms with Crippen molar-refractivity contribution in [3.8, 4) is 11.5 Å². The molecule has 2 heterocycles. The molecular weight excluding hydrogens is 484 g/mol. The lowest BCUT2D eigenvalue weighted by Gasteiger charge is -2.27. The Hall–Kier alpha value is -4.18. The summed E-state index contributed by atoms with van der Waals surface area (Å²) < 4.78 is 15.3. The third-order valence-corrected chi connectivity index (χ3v) is 6.70. The van der Waals surface area contributed by atoms with Crippen molar-refractivity contribution >= 4 is 40.7 Å². The summed E-state index contributed by atoms with van der Waals surface area (Å²) in [4.78, 5) is 55.2. The molecule has 3 amide bonds. The molecule has 1 aliphatic rings. The second-order valence-corrected chi connectivity index (χ2v) is 8.94. The summed E-state index contributed by atoms with van der Waals surface area (Å²) in [5, 5.41) is 1.88. The molecule has 186 valence electrons. The van der Waals surface area contributed by atoms with E-state index in [1.807, 2.05) is 17.5 Å². The summed E-state index contributed by atoms with van der Waals surface area (Å²) in [5.41, 5.74) is 0.903. The van der Waals surface area contributed by atoms with Crippen LogP contribution in [0.2, 0.25) is 0 Å². The molecular formula is C26H24N2O7S. The van der Waals surface area contributed by atoms with Crippen LogP contribution in [0, 0.1) is 0 Å². The summed E-state index contributed by atoms with van der Waals surface area (Å²) >= 11 is 1.45. The zero-order chi connectivity index (χ0) is 25.8. The van der Waals surface area contributed by atoms with Gasteiger partial charge in [0.2, 0.25) is 5.91 Å². The van der Waals surface area contributed by atoms with Gasteiger partial charge in [0.15, 0.2) is 11.5 Å². The average Bonchev–Trinajstić information content (AvgIpc) is 3.53. The van der Waals surface area contributed by atoms with Crippen LogP contribution < -0.4 is 14.4 Å². The van der Waals surface area contributed by atoms with Crippen molar-refractivity contribution in [1.29, 1.82) is 0 Å². The number of nitrogens with zero attached hydrogens (tertiary/aromatic N) is 2. The van der Waals surface area contributed by atoms with Gasteiger partial charge in [-0.05, 0) is 53.9 Å². The Labute approximate surface area is 211 Å². The number of anilines is 1. The number of hydrogen-bond acceptors (Lipinski definition) is 8. The summed E-state index contributed by atoms with van der Waals surface area (Å²) in [5.74, 6) is -1.06. The lowest BCUT2D eigenvalue weighted by molar-refractivity contribution is -0.122. The molecule has 36 heavy (non-hydrogen) atoms. The molecule has 1 aliphatic heterocycles. The molecule has 0 spiro atoms. The quantitative estimate of drug-likeness (QED) is 0.339. The highest BCUT2D eigenvalue weighted by Crippen LogP contribution is 2.31. The Morgan fingerprint density at radius 3 is 2.28 bits per heavy atom.